The molecule has 0 fully saturated rings. The molecule has 1 aromatic carbocycles. The Balaban J connectivity index is 0.000000438. The zero-order valence-corrected chi connectivity index (χ0v) is 12.1. The van der Waals surface area contributed by atoms with E-state index in [9.17, 15) is 14.7 Å². The minimum atomic E-state index is -2.27. The zero-order valence-electron chi connectivity index (χ0n) is 12.1. The second-order valence-corrected chi connectivity index (χ2v) is 4.39. The van der Waals surface area contributed by atoms with Gasteiger partial charge in [0.05, 0.1) is 6.10 Å². The molecule has 0 aromatic heterocycles. The van der Waals surface area contributed by atoms with Crippen LogP contribution in [0.15, 0.2) is 18.2 Å². The number of phenolic OH excluding ortho intramolecular Hbond substituents is 2. The van der Waals surface area contributed by atoms with Gasteiger partial charge in [-0.1, -0.05) is 6.07 Å². The fourth-order valence-electron chi connectivity index (χ4n) is 1.33. The predicted molar refractivity (Wildman–Crippen MR) is 75.9 cm³/mol. The molecule has 0 spiro atoms. The number of carbonyl (C=O) groups is 2. The SMILES string of the molecule is CNC[C@H](O)c1ccc(O)c(O)c1.O=C(O)C(O)[C@@H](O)C(=O)O. The fourth-order valence-corrected chi connectivity index (χ4v) is 1.33. The van der Waals surface area contributed by atoms with Gasteiger partial charge in [-0.15, -0.1) is 0 Å². The number of aliphatic carboxylic acids is 2. The van der Waals surface area contributed by atoms with Crippen molar-refractivity contribution >= 4 is 11.9 Å². The van der Waals surface area contributed by atoms with Gasteiger partial charge in [0.1, 0.15) is 0 Å². The van der Waals surface area contributed by atoms with Crippen molar-refractivity contribution in [2.45, 2.75) is 18.3 Å². The summed E-state index contributed by atoms with van der Waals surface area (Å²) in [4.78, 5) is 19.5. The summed E-state index contributed by atoms with van der Waals surface area (Å²) in [6.45, 7) is 0.407. The summed E-state index contributed by atoms with van der Waals surface area (Å²) < 4.78 is 0. The molecule has 8 N–H and O–H groups in total. The maximum atomic E-state index is 9.77. The van der Waals surface area contributed by atoms with Crippen molar-refractivity contribution in [2.75, 3.05) is 13.6 Å². The van der Waals surface area contributed by atoms with Gasteiger partial charge in [0.15, 0.2) is 23.7 Å². The van der Waals surface area contributed by atoms with Crippen LogP contribution in [-0.4, -0.2) is 73.5 Å². The number of phenols is 2. The molecule has 10 nitrogen and oxygen atoms in total. The highest BCUT2D eigenvalue weighted by molar-refractivity contribution is 5.83. The van der Waals surface area contributed by atoms with Gasteiger partial charge in [0.2, 0.25) is 0 Å². The first-order valence-corrected chi connectivity index (χ1v) is 6.28. The van der Waals surface area contributed by atoms with Crippen LogP contribution < -0.4 is 5.32 Å². The number of carboxylic acids is 2. The number of benzene rings is 1. The van der Waals surface area contributed by atoms with Gasteiger partial charge in [-0.3, -0.25) is 0 Å². The number of aliphatic hydroxyl groups is 3. The van der Waals surface area contributed by atoms with Gasteiger partial charge < -0.3 is 41.1 Å². The third kappa shape index (κ3) is 6.93. The van der Waals surface area contributed by atoms with Crippen LogP contribution in [0.2, 0.25) is 0 Å². The Morgan fingerprint density at radius 1 is 1.00 bits per heavy atom. The second-order valence-electron chi connectivity index (χ2n) is 4.39. The first kappa shape index (κ1) is 20.6. The molecule has 1 rings (SSSR count). The Morgan fingerprint density at radius 3 is 1.83 bits per heavy atom. The molecule has 0 radical (unpaired) electrons. The van der Waals surface area contributed by atoms with Crippen molar-refractivity contribution in [3.05, 3.63) is 23.8 Å². The summed E-state index contributed by atoms with van der Waals surface area (Å²) in [5, 5.41) is 63.0. The van der Waals surface area contributed by atoms with Crippen molar-refractivity contribution in [1.29, 1.82) is 0 Å². The van der Waals surface area contributed by atoms with Crippen LogP contribution in [0.1, 0.15) is 11.7 Å². The molecule has 0 aliphatic rings. The van der Waals surface area contributed by atoms with Crippen molar-refractivity contribution in [1.82, 2.24) is 5.32 Å². The maximum absolute atomic E-state index is 9.77. The number of hydrogen-bond acceptors (Lipinski definition) is 8. The normalized spacial score (nSPS) is 14.1. The highest BCUT2D eigenvalue weighted by Crippen LogP contribution is 2.27. The Kier molecular flexibility index (Phi) is 8.58. The molecule has 0 aliphatic heterocycles. The lowest BCUT2D eigenvalue weighted by Gasteiger charge is -2.10. The molecule has 0 saturated carbocycles. The lowest BCUT2D eigenvalue weighted by molar-refractivity contribution is -0.165. The van der Waals surface area contributed by atoms with E-state index >= 15 is 0 Å². The standard InChI is InChI=1S/C9H13NO3.C4H6O6/c1-10-5-9(13)6-2-3-7(11)8(12)4-6;5-1(3(7)8)2(6)4(9)10/h2-4,9-13H,5H2,1H3;1-2,5-6H,(H,7,8)(H,9,10)/t9-;1-,2?/m01/s1. The molecule has 10 heteroatoms. The average molecular weight is 333 g/mol. The molecule has 1 aromatic rings. The van der Waals surface area contributed by atoms with E-state index < -0.39 is 30.3 Å². The molecule has 0 bridgehead atoms. The van der Waals surface area contributed by atoms with Crippen LogP contribution in [0.3, 0.4) is 0 Å². The third-order valence-electron chi connectivity index (χ3n) is 2.59. The molecule has 0 amide bonds. The first-order valence-electron chi connectivity index (χ1n) is 6.28. The summed E-state index contributed by atoms with van der Waals surface area (Å²) in [6.07, 6.45) is -5.20. The van der Waals surface area contributed by atoms with Gasteiger partial charge in [-0.05, 0) is 24.7 Å². The second kappa shape index (κ2) is 9.58. The summed E-state index contributed by atoms with van der Waals surface area (Å²) in [5.41, 5.74) is 0.574. The molecule has 130 valence electrons. The summed E-state index contributed by atoms with van der Waals surface area (Å²) in [5.74, 6) is -3.93. The van der Waals surface area contributed by atoms with E-state index in [0.29, 0.717) is 12.1 Å². The van der Waals surface area contributed by atoms with E-state index in [0.717, 1.165) is 0 Å². The van der Waals surface area contributed by atoms with E-state index in [4.69, 9.17) is 30.6 Å². The van der Waals surface area contributed by atoms with Crippen LogP contribution in [0.4, 0.5) is 0 Å². The number of likely N-dealkylation sites (N-methyl/N-ethyl adjacent to an activating group) is 1. The van der Waals surface area contributed by atoms with Crippen LogP contribution in [0.5, 0.6) is 11.5 Å². The Morgan fingerprint density at radius 2 is 1.48 bits per heavy atom. The first-order chi connectivity index (χ1) is 10.6. The lowest BCUT2D eigenvalue weighted by Crippen LogP contribution is -2.39. The fraction of sp³-hybridized carbons (Fsp3) is 0.385. The minimum absolute atomic E-state index is 0.180. The Bertz CT molecular complexity index is 516. The average Bonchev–Trinajstić information content (AvgIpc) is 2.49. The lowest BCUT2D eigenvalue weighted by atomic mass is 10.1. The van der Waals surface area contributed by atoms with Crippen molar-refractivity contribution < 1.29 is 45.3 Å². The Labute approximate surface area is 130 Å². The highest BCUT2D eigenvalue weighted by Gasteiger charge is 2.29. The van der Waals surface area contributed by atoms with Crippen molar-refractivity contribution in [3.8, 4) is 11.5 Å². The van der Waals surface area contributed by atoms with E-state index in [2.05, 4.69) is 5.32 Å². The molecular formula is C13H19NO9. The molecule has 0 heterocycles. The van der Waals surface area contributed by atoms with Crippen LogP contribution in [0, 0.1) is 0 Å². The molecule has 0 aliphatic carbocycles. The Hall–Kier alpha value is -2.40. The molecular weight excluding hydrogens is 314 g/mol. The number of aromatic hydroxyl groups is 2. The van der Waals surface area contributed by atoms with E-state index in [1.54, 1.807) is 13.1 Å². The van der Waals surface area contributed by atoms with E-state index in [-0.39, 0.29) is 11.5 Å². The molecule has 0 saturated heterocycles. The third-order valence-corrected chi connectivity index (χ3v) is 2.59. The van der Waals surface area contributed by atoms with Gasteiger partial charge in [-0.2, -0.15) is 0 Å². The van der Waals surface area contributed by atoms with Crippen LogP contribution in [0.25, 0.3) is 0 Å². The van der Waals surface area contributed by atoms with Crippen molar-refractivity contribution in [2.24, 2.45) is 0 Å². The molecule has 23 heavy (non-hydrogen) atoms. The van der Waals surface area contributed by atoms with Gasteiger partial charge in [0, 0.05) is 6.54 Å². The van der Waals surface area contributed by atoms with Crippen LogP contribution >= 0.6 is 0 Å². The zero-order chi connectivity index (χ0) is 18.2. The summed E-state index contributed by atoms with van der Waals surface area (Å²) in [7, 11) is 1.73. The molecule has 1 unspecified atom stereocenters. The topological polar surface area (TPSA) is 188 Å². The van der Waals surface area contributed by atoms with Gasteiger partial charge in [0.25, 0.3) is 0 Å². The number of hydrogen-bond donors (Lipinski definition) is 8. The van der Waals surface area contributed by atoms with Crippen LogP contribution in [-0.2, 0) is 9.59 Å². The van der Waals surface area contributed by atoms with E-state index in [1.165, 1.54) is 12.1 Å². The summed E-state index contributed by atoms with van der Waals surface area (Å²) in [6, 6.07) is 4.26. The highest BCUT2D eigenvalue weighted by atomic mass is 16.4. The predicted octanol–water partition coefficient (Wildman–Crippen LogP) is -1.77. The summed E-state index contributed by atoms with van der Waals surface area (Å²) >= 11 is 0. The number of carboxylic acid groups (broad SMARTS) is 2. The smallest absolute Gasteiger partial charge is 0.335 e. The number of nitrogens with one attached hydrogen (secondary N) is 1. The largest absolute Gasteiger partial charge is 0.504 e. The van der Waals surface area contributed by atoms with Gasteiger partial charge in [-0.25, -0.2) is 9.59 Å². The van der Waals surface area contributed by atoms with Gasteiger partial charge >= 0.3 is 11.9 Å². The monoisotopic (exact) mass is 333 g/mol. The van der Waals surface area contributed by atoms with E-state index in [1.807, 2.05) is 0 Å². The number of rotatable bonds is 6. The molecule has 3 atom stereocenters. The quantitative estimate of drug-likeness (QED) is 0.277. The van der Waals surface area contributed by atoms with Crippen molar-refractivity contribution in [3.63, 3.8) is 0 Å². The minimum Gasteiger partial charge on any atom is -0.504 e. The number of aliphatic hydroxyl groups excluding tert-OH is 3. The maximum Gasteiger partial charge on any atom is 0.335 e.